The Kier molecular flexibility index (Phi) is 8.71. The Bertz CT molecular complexity index is 3600. The highest BCUT2D eigenvalue weighted by molar-refractivity contribution is 6.14. The predicted molar refractivity (Wildman–Crippen MR) is 258 cm³/mol. The van der Waals surface area contributed by atoms with Crippen LogP contribution in [0.5, 0.6) is 0 Å². The zero-order valence-electron chi connectivity index (χ0n) is 34.0. The Morgan fingerprint density at radius 3 is 1.62 bits per heavy atom. The number of fused-ring (bicyclic) bond motifs is 6. The number of hydrogen-bond acceptors (Lipinski definition) is 5. The Labute approximate surface area is 363 Å². The zero-order chi connectivity index (χ0) is 41.7. The van der Waals surface area contributed by atoms with Crippen molar-refractivity contribution < 1.29 is 4.42 Å². The predicted octanol–water partition coefficient (Wildman–Crippen LogP) is 15.0. The number of benzene rings is 9. The first-order valence-corrected chi connectivity index (χ1v) is 21.1. The van der Waals surface area contributed by atoms with Crippen LogP contribution in [0.2, 0.25) is 0 Å². The molecule has 0 fully saturated rings. The number of para-hydroxylation sites is 3. The van der Waals surface area contributed by atoms with E-state index in [1.165, 1.54) is 16.5 Å². The molecular weight excluding hydrogens is 771 g/mol. The topological polar surface area (TPSA) is 60.0 Å². The van der Waals surface area contributed by atoms with Crippen molar-refractivity contribution in [3.8, 4) is 51.0 Å². The van der Waals surface area contributed by atoms with Gasteiger partial charge in [-0.3, -0.25) is 0 Å². The van der Waals surface area contributed by atoms with Gasteiger partial charge in [0.15, 0.2) is 17.5 Å². The van der Waals surface area contributed by atoms with Gasteiger partial charge in [-0.05, 0) is 96.1 Å². The molecule has 0 N–H and O–H groups in total. The Morgan fingerprint density at radius 2 is 0.889 bits per heavy atom. The van der Waals surface area contributed by atoms with Crippen molar-refractivity contribution in [2.24, 2.45) is 0 Å². The largest absolute Gasteiger partial charge is 0.456 e. The summed E-state index contributed by atoms with van der Waals surface area (Å²) in [6.45, 7) is 0. The average Bonchev–Trinajstić information content (AvgIpc) is 3.91. The van der Waals surface area contributed by atoms with E-state index < -0.39 is 0 Å². The van der Waals surface area contributed by atoms with Crippen LogP contribution in [0.4, 0.5) is 17.1 Å². The molecule has 0 spiro atoms. The third kappa shape index (κ3) is 6.40. The minimum atomic E-state index is 0.567. The van der Waals surface area contributed by atoms with Crippen molar-refractivity contribution in [1.29, 1.82) is 0 Å². The van der Waals surface area contributed by atoms with Gasteiger partial charge < -0.3 is 13.9 Å². The van der Waals surface area contributed by atoms with Crippen molar-refractivity contribution in [1.82, 2.24) is 19.5 Å². The minimum absolute atomic E-state index is 0.567. The van der Waals surface area contributed by atoms with Crippen molar-refractivity contribution in [3.05, 3.63) is 224 Å². The van der Waals surface area contributed by atoms with Gasteiger partial charge in [-0.1, -0.05) is 140 Å². The van der Waals surface area contributed by atoms with Crippen LogP contribution in [0.15, 0.2) is 229 Å². The molecule has 0 amide bonds. The molecule has 0 saturated heterocycles. The highest BCUT2D eigenvalue weighted by Gasteiger charge is 2.21. The molecule has 0 atom stereocenters. The van der Waals surface area contributed by atoms with Crippen molar-refractivity contribution in [2.45, 2.75) is 0 Å². The maximum Gasteiger partial charge on any atom is 0.164 e. The van der Waals surface area contributed by atoms with E-state index in [9.17, 15) is 0 Å². The van der Waals surface area contributed by atoms with Crippen LogP contribution >= 0.6 is 0 Å². The molecule has 0 saturated carbocycles. The number of rotatable bonds is 8. The van der Waals surface area contributed by atoms with E-state index in [-0.39, 0.29) is 0 Å². The van der Waals surface area contributed by atoms with Gasteiger partial charge >= 0.3 is 0 Å². The van der Waals surface area contributed by atoms with E-state index >= 15 is 0 Å². The zero-order valence-corrected chi connectivity index (χ0v) is 34.0. The number of anilines is 3. The van der Waals surface area contributed by atoms with Crippen LogP contribution in [0.1, 0.15) is 0 Å². The van der Waals surface area contributed by atoms with Crippen molar-refractivity contribution in [3.63, 3.8) is 0 Å². The third-order valence-corrected chi connectivity index (χ3v) is 11.8. The summed E-state index contributed by atoms with van der Waals surface area (Å²) in [5.41, 5.74) is 13.1. The fraction of sp³-hybridized carbons (Fsp3) is 0. The van der Waals surface area contributed by atoms with Crippen LogP contribution in [-0.4, -0.2) is 19.5 Å². The van der Waals surface area contributed by atoms with E-state index in [4.69, 9.17) is 19.4 Å². The second-order valence-electron chi connectivity index (χ2n) is 15.6. The SMILES string of the molecule is c1ccc(-c2ccc(N(c3ccccc3)c3cccc4oc5cc(-c6nc(-c7ccccc7)nc(-c7ccc8c(c7)c7ccccc7n8-c7ccccc7)n6)ccc5c34)cc2)cc1. The van der Waals surface area contributed by atoms with Crippen LogP contribution < -0.4 is 4.90 Å². The van der Waals surface area contributed by atoms with Crippen LogP contribution in [0.3, 0.4) is 0 Å². The molecule has 0 unspecified atom stereocenters. The maximum absolute atomic E-state index is 6.71. The first kappa shape index (κ1) is 36.3. The summed E-state index contributed by atoms with van der Waals surface area (Å²) in [4.78, 5) is 17.7. The number of furan rings is 1. The Morgan fingerprint density at radius 1 is 0.349 bits per heavy atom. The lowest BCUT2D eigenvalue weighted by Crippen LogP contribution is -2.10. The molecule has 9 aromatic carbocycles. The molecule has 0 radical (unpaired) electrons. The summed E-state index contributed by atoms with van der Waals surface area (Å²) in [6, 6.07) is 78.0. The van der Waals surface area contributed by atoms with E-state index in [1.807, 2.05) is 54.6 Å². The van der Waals surface area contributed by atoms with E-state index in [0.29, 0.717) is 17.5 Å². The number of aromatic nitrogens is 4. The van der Waals surface area contributed by atoms with Gasteiger partial charge in [-0.25, -0.2) is 15.0 Å². The lowest BCUT2D eigenvalue weighted by molar-refractivity contribution is 0.669. The third-order valence-electron chi connectivity index (χ3n) is 11.8. The molecule has 6 nitrogen and oxygen atoms in total. The van der Waals surface area contributed by atoms with Gasteiger partial charge in [0.2, 0.25) is 0 Å². The summed E-state index contributed by atoms with van der Waals surface area (Å²) >= 11 is 0. The lowest BCUT2D eigenvalue weighted by atomic mass is 10.0. The van der Waals surface area contributed by atoms with E-state index in [0.717, 1.165) is 77.8 Å². The Hall–Kier alpha value is -8.61. The van der Waals surface area contributed by atoms with Gasteiger partial charge in [0, 0.05) is 49.9 Å². The molecule has 3 heterocycles. The number of nitrogens with zero attached hydrogens (tertiary/aromatic N) is 5. The maximum atomic E-state index is 6.71. The number of hydrogen-bond donors (Lipinski definition) is 0. The molecule has 12 aromatic rings. The molecule has 0 aliphatic heterocycles. The first-order valence-electron chi connectivity index (χ1n) is 21.1. The van der Waals surface area contributed by atoms with E-state index in [1.54, 1.807) is 0 Å². The molecule has 0 aliphatic carbocycles. The summed E-state index contributed by atoms with van der Waals surface area (Å²) in [6.07, 6.45) is 0. The molecule has 0 bridgehead atoms. The summed E-state index contributed by atoms with van der Waals surface area (Å²) < 4.78 is 9.03. The smallest absolute Gasteiger partial charge is 0.164 e. The van der Waals surface area contributed by atoms with Gasteiger partial charge in [-0.2, -0.15) is 0 Å². The van der Waals surface area contributed by atoms with Gasteiger partial charge in [0.25, 0.3) is 0 Å². The van der Waals surface area contributed by atoms with Gasteiger partial charge in [-0.15, -0.1) is 0 Å². The fourth-order valence-electron chi connectivity index (χ4n) is 8.89. The van der Waals surface area contributed by atoms with Crippen molar-refractivity contribution in [2.75, 3.05) is 4.90 Å². The quantitative estimate of drug-likeness (QED) is 0.153. The second-order valence-corrected chi connectivity index (χ2v) is 15.6. The highest BCUT2D eigenvalue weighted by Crippen LogP contribution is 2.44. The highest BCUT2D eigenvalue weighted by atomic mass is 16.3. The molecule has 3 aromatic heterocycles. The van der Waals surface area contributed by atoms with Gasteiger partial charge in [0.05, 0.1) is 22.1 Å². The average molecular weight is 808 g/mol. The molecule has 63 heavy (non-hydrogen) atoms. The van der Waals surface area contributed by atoms with Crippen LogP contribution in [0.25, 0.3) is 94.7 Å². The monoisotopic (exact) mass is 807 g/mol. The normalized spacial score (nSPS) is 11.5. The minimum Gasteiger partial charge on any atom is -0.456 e. The summed E-state index contributed by atoms with van der Waals surface area (Å²) in [7, 11) is 0. The standard InChI is InChI=1S/C57H37N5O/c1-5-16-38(17-6-1)39-28-32-45(33-29-39)61(43-20-9-3-10-21-43)51-26-15-27-52-54(51)47-34-30-42(37-53(47)63-52)57-59-55(40-18-7-2-8-19-40)58-56(60-57)41-31-35-50-48(36-41)46-24-13-14-25-49(46)62(50)44-22-11-4-12-23-44/h1-37H. The summed E-state index contributed by atoms with van der Waals surface area (Å²) in [5, 5.41) is 4.33. The lowest BCUT2D eigenvalue weighted by Gasteiger charge is -2.26. The Balaban J connectivity index is 0.990. The van der Waals surface area contributed by atoms with E-state index in [2.05, 4.69) is 179 Å². The second kappa shape index (κ2) is 15.1. The molecule has 296 valence electrons. The van der Waals surface area contributed by atoms with Crippen LogP contribution in [-0.2, 0) is 0 Å². The molecular formula is C57H37N5O. The van der Waals surface area contributed by atoms with Gasteiger partial charge in [0.1, 0.15) is 11.2 Å². The first-order chi connectivity index (χ1) is 31.2. The molecule has 12 rings (SSSR count). The fourth-order valence-corrected chi connectivity index (χ4v) is 8.89. The summed E-state index contributed by atoms with van der Waals surface area (Å²) in [5.74, 6) is 1.77. The van der Waals surface area contributed by atoms with Crippen LogP contribution in [0, 0.1) is 0 Å². The molecule has 6 heteroatoms. The van der Waals surface area contributed by atoms with Crippen molar-refractivity contribution >= 4 is 60.8 Å². The molecule has 0 aliphatic rings.